The number of sulfone groups is 1. The Morgan fingerprint density at radius 1 is 1.45 bits per heavy atom. The second kappa shape index (κ2) is 3.32. The van der Waals surface area contributed by atoms with Crippen LogP contribution in [0.15, 0.2) is 0 Å². The zero-order valence-electron chi connectivity index (χ0n) is 5.83. The molecule has 0 radical (unpaired) electrons. The van der Waals surface area contributed by atoms with Gasteiger partial charge in [0.1, 0.15) is 4.16 Å². The van der Waals surface area contributed by atoms with E-state index >= 15 is 0 Å². The van der Waals surface area contributed by atoms with Crippen molar-refractivity contribution in [2.24, 2.45) is 0 Å². The predicted molar refractivity (Wildman–Crippen MR) is 50.0 cm³/mol. The number of ether oxygens (including phenoxy) is 1. The predicted octanol–water partition coefficient (Wildman–Crippen LogP) is 0.914. The van der Waals surface area contributed by atoms with Gasteiger partial charge in [-0.1, -0.05) is 31.9 Å². The van der Waals surface area contributed by atoms with Crippen molar-refractivity contribution < 1.29 is 13.2 Å². The van der Waals surface area contributed by atoms with Gasteiger partial charge in [-0.05, 0) is 0 Å². The monoisotopic (exact) mass is 306 g/mol. The maximum Gasteiger partial charge on any atom is 0.166 e. The molecule has 0 saturated carbocycles. The molecule has 0 amide bonds. The van der Waals surface area contributed by atoms with E-state index in [0.717, 1.165) is 0 Å². The smallest absolute Gasteiger partial charge is 0.166 e. The van der Waals surface area contributed by atoms with Gasteiger partial charge in [-0.3, -0.25) is 0 Å². The number of hydrogen-bond donors (Lipinski definition) is 0. The summed E-state index contributed by atoms with van der Waals surface area (Å²) in [4.78, 5) is -0.141. The summed E-state index contributed by atoms with van der Waals surface area (Å²) in [5, 5.41) is 0. The van der Waals surface area contributed by atoms with E-state index in [1.54, 1.807) is 0 Å². The van der Waals surface area contributed by atoms with Crippen molar-refractivity contribution in [2.75, 3.05) is 12.9 Å². The first-order valence-corrected chi connectivity index (χ1v) is 6.56. The molecular formula is C5H8Br2O3S. The first-order valence-electron chi connectivity index (χ1n) is 3.01. The summed E-state index contributed by atoms with van der Waals surface area (Å²) in [6.07, 6.45) is -0.232. The molecule has 11 heavy (non-hydrogen) atoms. The van der Waals surface area contributed by atoms with Gasteiger partial charge >= 0.3 is 0 Å². The van der Waals surface area contributed by atoms with Gasteiger partial charge in [0.05, 0.1) is 16.7 Å². The van der Waals surface area contributed by atoms with Gasteiger partial charge in [-0.25, -0.2) is 8.42 Å². The Balaban J connectivity index is 2.86. The maximum absolute atomic E-state index is 11.2. The largest absolute Gasteiger partial charge is 0.379 e. The molecule has 6 heteroatoms. The van der Waals surface area contributed by atoms with Crippen LogP contribution in [0.2, 0.25) is 0 Å². The Morgan fingerprint density at radius 3 is 2.18 bits per heavy atom. The number of rotatable bonds is 1. The van der Waals surface area contributed by atoms with E-state index in [1.807, 2.05) is 0 Å². The van der Waals surface area contributed by atoms with Crippen LogP contribution in [0, 0.1) is 0 Å². The summed E-state index contributed by atoms with van der Waals surface area (Å²) in [7, 11) is -1.48. The van der Waals surface area contributed by atoms with Crippen molar-refractivity contribution >= 4 is 41.7 Å². The third-order valence-electron chi connectivity index (χ3n) is 1.65. The topological polar surface area (TPSA) is 43.4 Å². The lowest BCUT2D eigenvalue weighted by Gasteiger charge is -2.10. The Hall–Kier alpha value is 0.870. The van der Waals surface area contributed by atoms with Crippen molar-refractivity contribution in [3.63, 3.8) is 0 Å². The van der Waals surface area contributed by atoms with Crippen molar-refractivity contribution in [1.29, 1.82) is 0 Å². The highest BCUT2D eigenvalue weighted by molar-refractivity contribution is 9.13. The normalized spacial score (nSPS) is 42.6. The van der Waals surface area contributed by atoms with Crippen LogP contribution in [0.25, 0.3) is 0 Å². The Labute approximate surface area is 82.7 Å². The van der Waals surface area contributed by atoms with E-state index in [1.165, 1.54) is 7.11 Å². The Kier molecular flexibility index (Phi) is 3.00. The van der Waals surface area contributed by atoms with E-state index < -0.39 is 14.0 Å². The van der Waals surface area contributed by atoms with Crippen LogP contribution in [0.4, 0.5) is 0 Å². The van der Waals surface area contributed by atoms with Gasteiger partial charge in [0.15, 0.2) is 9.84 Å². The molecule has 0 unspecified atom stereocenters. The van der Waals surface area contributed by atoms with E-state index in [0.29, 0.717) is 0 Å². The minimum absolute atomic E-state index is 0.0926. The summed E-state index contributed by atoms with van der Waals surface area (Å²) < 4.78 is 26.8. The second-order valence-electron chi connectivity index (χ2n) is 2.40. The number of methoxy groups -OCH3 is 1. The van der Waals surface area contributed by atoms with E-state index in [4.69, 9.17) is 4.74 Å². The first kappa shape index (κ1) is 9.95. The first-order chi connectivity index (χ1) is 4.99. The van der Waals surface area contributed by atoms with E-state index in [9.17, 15) is 8.42 Å². The Morgan fingerprint density at radius 2 is 2.00 bits per heavy atom. The molecule has 0 bridgehead atoms. The van der Waals surface area contributed by atoms with Crippen molar-refractivity contribution in [2.45, 2.75) is 15.1 Å². The molecule has 0 aromatic carbocycles. The number of hydrogen-bond acceptors (Lipinski definition) is 3. The number of halogens is 2. The fourth-order valence-electron chi connectivity index (χ4n) is 0.978. The highest BCUT2D eigenvalue weighted by atomic mass is 79.9. The van der Waals surface area contributed by atoms with Crippen LogP contribution in [0.5, 0.6) is 0 Å². The van der Waals surface area contributed by atoms with Gasteiger partial charge in [0.25, 0.3) is 0 Å². The third-order valence-corrected chi connectivity index (χ3v) is 7.88. The summed E-state index contributed by atoms with van der Waals surface area (Å²) in [5.74, 6) is 0.0926. The molecule has 66 valence electrons. The number of alkyl halides is 2. The average molecular weight is 308 g/mol. The van der Waals surface area contributed by atoms with Gasteiger partial charge < -0.3 is 4.74 Å². The van der Waals surface area contributed by atoms with Gasteiger partial charge in [-0.15, -0.1) is 0 Å². The maximum atomic E-state index is 11.2. The minimum Gasteiger partial charge on any atom is -0.379 e. The molecule has 3 atom stereocenters. The van der Waals surface area contributed by atoms with Crippen LogP contribution in [0.1, 0.15) is 0 Å². The molecule has 1 aliphatic heterocycles. The molecule has 1 aliphatic rings. The molecule has 0 aromatic rings. The van der Waals surface area contributed by atoms with Gasteiger partial charge in [0, 0.05) is 7.11 Å². The summed E-state index contributed by atoms with van der Waals surface area (Å²) in [6, 6.07) is 0. The lowest BCUT2D eigenvalue weighted by molar-refractivity contribution is 0.129. The summed E-state index contributed by atoms with van der Waals surface area (Å²) >= 11 is 6.35. The van der Waals surface area contributed by atoms with Gasteiger partial charge in [0.2, 0.25) is 0 Å². The van der Waals surface area contributed by atoms with Crippen LogP contribution in [-0.2, 0) is 14.6 Å². The molecule has 1 rings (SSSR count). The molecular weight excluding hydrogens is 300 g/mol. The summed E-state index contributed by atoms with van der Waals surface area (Å²) in [5.41, 5.74) is 0. The molecule has 0 aromatic heterocycles. The van der Waals surface area contributed by atoms with E-state index in [-0.39, 0.29) is 16.7 Å². The third kappa shape index (κ3) is 1.79. The van der Waals surface area contributed by atoms with Gasteiger partial charge in [-0.2, -0.15) is 0 Å². The highest BCUT2D eigenvalue weighted by Crippen LogP contribution is 2.32. The zero-order chi connectivity index (χ0) is 8.65. The van der Waals surface area contributed by atoms with Crippen molar-refractivity contribution in [3.8, 4) is 0 Å². The SMILES string of the molecule is CO[C@@H]1CS(=O)(=O)[C@H](Br)[C@@H]1Br. The fourth-order valence-corrected chi connectivity index (χ4v) is 4.97. The van der Waals surface area contributed by atoms with E-state index in [2.05, 4.69) is 31.9 Å². The Bertz CT molecular complexity index is 238. The molecule has 1 heterocycles. The molecule has 1 fully saturated rings. The molecule has 0 spiro atoms. The zero-order valence-corrected chi connectivity index (χ0v) is 9.82. The van der Waals surface area contributed by atoms with Crippen molar-refractivity contribution in [3.05, 3.63) is 0 Å². The highest BCUT2D eigenvalue weighted by Gasteiger charge is 2.44. The summed E-state index contributed by atoms with van der Waals surface area (Å²) in [6.45, 7) is 0. The van der Waals surface area contributed by atoms with Crippen molar-refractivity contribution in [1.82, 2.24) is 0 Å². The van der Waals surface area contributed by atoms with Crippen LogP contribution < -0.4 is 0 Å². The quantitative estimate of drug-likeness (QED) is 0.677. The molecule has 0 aliphatic carbocycles. The fraction of sp³-hybridized carbons (Fsp3) is 1.00. The molecule has 1 saturated heterocycles. The lowest BCUT2D eigenvalue weighted by atomic mass is 10.3. The lowest BCUT2D eigenvalue weighted by Crippen LogP contribution is -2.22. The second-order valence-corrected chi connectivity index (χ2v) is 7.22. The average Bonchev–Trinajstić information content (AvgIpc) is 2.13. The minimum atomic E-state index is -2.99. The van der Waals surface area contributed by atoms with Crippen LogP contribution in [0.3, 0.4) is 0 Å². The van der Waals surface area contributed by atoms with Crippen LogP contribution in [-0.4, -0.2) is 36.4 Å². The molecule has 3 nitrogen and oxygen atoms in total. The standard InChI is InChI=1S/C5H8Br2O3S/c1-10-3-2-11(8,9)5(7)4(3)6/h3-5H,2H2,1H3/t3-,4-,5+/m1/s1. The molecule has 0 N–H and O–H groups in total. The van der Waals surface area contributed by atoms with Crippen LogP contribution >= 0.6 is 31.9 Å².